The van der Waals surface area contributed by atoms with Crippen LogP contribution in [0.1, 0.15) is 43.2 Å². The van der Waals surface area contributed by atoms with Crippen molar-refractivity contribution in [3.63, 3.8) is 0 Å². The highest BCUT2D eigenvalue weighted by Crippen LogP contribution is 2.52. The zero-order chi connectivity index (χ0) is 21.9. The van der Waals surface area contributed by atoms with Crippen molar-refractivity contribution in [3.8, 4) is 6.07 Å². The third-order valence-electron chi connectivity index (χ3n) is 6.07. The van der Waals surface area contributed by atoms with Gasteiger partial charge < -0.3 is 16.8 Å². The van der Waals surface area contributed by atoms with Gasteiger partial charge in [-0.3, -0.25) is 9.59 Å². The molecule has 0 saturated heterocycles. The quantitative estimate of drug-likeness (QED) is 0.681. The molecule has 1 heterocycles. The van der Waals surface area contributed by atoms with E-state index < -0.39 is 17.2 Å². The molecule has 1 saturated carbocycles. The van der Waals surface area contributed by atoms with Gasteiger partial charge in [0.1, 0.15) is 5.82 Å². The fraction of sp³-hybridized carbons (Fsp3) is 0.455. The van der Waals surface area contributed by atoms with Gasteiger partial charge in [-0.2, -0.15) is 5.26 Å². The van der Waals surface area contributed by atoms with E-state index in [0.717, 1.165) is 36.1 Å². The molecule has 1 aliphatic heterocycles. The standard InChI is InChI=1S/C22H27N5O2S/c1-13-6-7-15(10-14(13)2)26-17(28)12-30-21-18(20(25)29)22(8-4-3-5-9-22)16(11-23)19(24)27-21/h6-7,10,18H,3-5,8-9,12,24H2,1-2H3,(H2,25,29)(H,26,28)/t18-/m1/s1. The zero-order valence-corrected chi connectivity index (χ0v) is 18.1. The molecule has 158 valence electrons. The zero-order valence-electron chi connectivity index (χ0n) is 17.3. The summed E-state index contributed by atoms with van der Waals surface area (Å²) in [6.07, 6.45) is 4.17. The maximum atomic E-state index is 12.5. The second-order valence-corrected chi connectivity index (χ2v) is 9.01. The molecule has 1 spiro atoms. The van der Waals surface area contributed by atoms with Crippen LogP contribution in [0.3, 0.4) is 0 Å². The molecule has 0 radical (unpaired) electrons. The maximum absolute atomic E-state index is 12.5. The van der Waals surface area contributed by atoms with Crippen LogP contribution >= 0.6 is 11.8 Å². The lowest BCUT2D eigenvalue weighted by Crippen LogP contribution is -2.48. The van der Waals surface area contributed by atoms with E-state index in [0.29, 0.717) is 23.5 Å². The summed E-state index contributed by atoms with van der Waals surface area (Å²) < 4.78 is 0. The summed E-state index contributed by atoms with van der Waals surface area (Å²) in [5.74, 6) is -1.27. The second kappa shape index (κ2) is 8.92. The number of thioether (sulfide) groups is 1. The Balaban J connectivity index is 1.80. The average Bonchev–Trinajstić information content (AvgIpc) is 2.69. The summed E-state index contributed by atoms with van der Waals surface area (Å²) in [6, 6.07) is 7.90. The number of aliphatic imine (C=N–C) groups is 1. The predicted octanol–water partition coefficient (Wildman–Crippen LogP) is 3.13. The Morgan fingerprint density at radius 2 is 1.97 bits per heavy atom. The van der Waals surface area contributed by atoms with E-state index >= 15 is 0 Å². The summed E-state index contributed by atoms with van der Waals surface area (Å²) in [5, 5.41) is 13.0. The first-order chi connectivity index (χ1) is 14.3. The molecule has 1 aromatic carbocycles. The third-order valence-corrected chi connectivity index (χ3v) is 7.10. The summed E-state index contributed by atoms with van der Waals surface area (Å²) in [5.41, 5.74) is 14.5. The van der Waals surface area contributed by atoms with Crippen molar-refractivity contribution in [2.45, 2.75) is 46.0 Å². The fourth-order valence-corrected chi connectivity index (χ4v) is 5.45. The molecule has 3 rings (SSSR count). The number of hydrogen-bond acceptors (Lipinski definition) is 6. The van der Waals surface area contributed by atoms with E-state index in [1.807, 2.05) is 32.0 Å². The number of amides is 2. The highest BCUT2D eigenvalue weighted by molar-refractivity contribution is 8.14. The fourth-order valence-electron chi connectivity index (χ4n) is 4.43. The third kappa shape index (κ3) is 4.21. The minimum atomic E-state index is -0.737. The van der Waals surface area contributed by atoms with Crippen LogP contribution in [0.5, 0.6) is 0 Å². The van der Waals surface area contributed by atoms with E-state index in [2.05, 4.69) is 16.4 Å². The molecule has 5 N–H and O–H groups in total. The Morgan fingerprint density at radius 3 is 2.57 bits per heavy atom. The van der Waals surface area contributed by atoms with Crippen molar-refractivity contribution in [3.05, 3.63) is 40.7 Å². The van der Waals surface area contributed by atoms with Gasteiger partial charge in [0.15, 0.2) is 0 Å². The Hall–Kier alpha value is -2.79. The summed E-state index contributed by atoms with van der Waals surface area (Å²) in [4.78, 5) is 29.3. The van der Waals surface area contributed by atoms with Gasteiger partial charge in [-0.05, 0) is 49.9 Å². The SMILES string of the molecule is Cc1ccc(NC(=O)CSC2=NC(N)=C(C#N)C3(CCCCC3)[C@@H]2C(N)=O)cc1C. The van der Waals surface area contributed by atoms with Crippen LogP contribution in [0.15, 0.2) is 34.6 Å². The smallest absolute Gasteiger partial charge is 0.234 e. The van der Waals surface area contributed by atoms with Crippen LogP contribution in [-0.2, 0) is 9.59 Å². The highest BCUT2D eigenvalue weighted by atomic mass is 32.2. The monoisotopic (exact) mass is 425 g/mol. The molecule has 1 aromatic rings. The number of nitrogens with zero attached hydrogens (tertiary/aromatic N) is 2. The number of allylic oxidation sites excluding steroid dienone is 1. The van der Waals surface area contributed by atoms with Crippen molar-refractivity contribution in [2.75, 3.05) is 11.1 Å². The molecular formula is C22H27N5O2S. The first-order valence-corrected chi connectivity index (χ1v) is 11.0. The second-order valence-electron chi connectivity index (χ2n) is 8.01. The minimum Gasteiger partial charge on any atom is -0.383 e. The number of aryl methyl sites for hydroxylation is 2. The Kier molecular flexibility index (Phi) is 6.52. The van der Waals surface area contributed by atoms with Crippen LogP contribution in [0.2, 0.25) is 0 Å². The van der Waals surface area contributed by atoms with Crippen LogP contribution in [0, 0.1) is 36.5 Å². The molecule has 0 unspecified atom stereocenters. The van der Waals surface area contributed by atoms with E-state index in [4.69, 9.17) is 11.5 Å². The topological polar surface area (TPSA) is 134 Å². The molecule has 1 aliphatic carbocycles. The summed E-state index contributed by atoms with van der Waals surface area (Å²) >= 11 is 1.17. The van der Waals surface area contributed by atoms with Crippen LogP contribution < -0.4 is 16.8 Å². The number of carbonyl (C=O) groups excluding carboxylic acids is 2. The van der Waals surface area contributed by atoms with Crippen molar-refractivity contribution in [2.24, 2.45) is 27.8 Å². The van der Waals surface area contributed by atoms with Crippen molar-refractivity contribution in [1.82, 2.24) is 0 Å². The van der Waals surface area contributed by atoms with Crippen LogP contribution in [0.4, 0.5) is 5.69 Å². The van der Waals surface area contributed by atoms with E-state index in [-0.39, 0.29) is 17.5 Å². The number of primary amides is 1. The van der Waals surface area contributed by atoms with E-state index in [9.17, 15) is 14.9 Å². The van der Waals surface area contributed by atoms with Gasteiger partial charge in [-0.15, -0.1) is 0 Å². The van der Waals surface area contributed by atoms with Gasteiger partial charge in [0, 0.05) is 11.1 Å². The van der Waals surface area contributed by atoms with Crippen molar-refractivity contribution >= 4 is 34.3 Å². The molecule has 0 aromatic heterocycles. The lowest BCUT2D eigenvalue weighted by molar-refractivity contribution is -0.123. The molecule has 2 aliphatic rings. The molecular weight excluding hydrogens is 398 g/mol. The maximum Gasteiger partial charge on any atom is 0.234 e. The first-order valence-electron chi connectivity index (χ1n) is 10.1. The predicted molar refractivity (Wildman–Crippen MR) is 119 cm³/mol. The van der Waals surface area contributed by atoms with Gasteiger partial charge in [-0.25, -0.2) is 4.99 Å². The van der Waals surface area contributed by atoms with Crippen LogP contribution in [0.25, 0.3) is 0 Å². The number of benzene rings is 1. The van der Waals surface area contributed by atoms with Gasteiger partial charge in [0.25, 0.3) is 0 Å². The van der Waals surface area contributed by atoms with Crippen molar-refractivity contribution < 1.29 is 9.59 Å². The lowest BCUT2D eigenvalue weighted by Gasteiger charge is -2.44. The Morgan fingerprint density at radius 1 is 1.27 bits per heavy atom. The molecule has 30 heavy (non-hydrogen) atoms. The van der Waals surface area contributed by atoms with Gasteiger partial charge in [-0.1, -0.05) is 37.1 Å². The van der Waals surface area contributed by atoms with E-state index in [1.165, 1.54) is 11.8 Å². The van der Waals surface area contributed by atoms with Crippen molar-refractivity contribution in [1.29, 1.82) is 5.26 Å². The molecule has 1 fully saturated rings. The number of carbonyl (C=O) groups is 2. The van der Waals surface area contributed by atoms with Gasteiger partial charge >= 0.3 is 0 Å². The molecule has 8 heteroatoms. The number of rotatable bonds is 4. The van der Waals surface area contributed by atoms with Gasteiger partial charge in [0.2, 0.25) is 11.8 Å². The van der Waals surface area contributed by atoms with Gasteiger partial charge in [0.05, 0.1) is 28.4 Å². The number of hydrogen-bond donors (Lipinski definition) is 3. The Bertz CT molecular complexity index is 970. The Labute approximate surface area is 181 Å². The van der Waals surface area contributed by atoms with E-state index in [1.54, 1.807) is 0 Å². The molecule has 2 amide bonds. The number of nitriles is 1. The summed E-state index contributed by atoms with van der Waals surface area (Å²) in [7, 11) is 0. The molecule has 7 nitrogen and oxygen atoms in total. The number of anilines is 1. The normalized spacial score (nSPS) is 20.4. The first kappa shape index (κ1) is 21.9. The average molecular weight is 426 g/mol. The minimum absolute atomic E-state index is 0.0702. The number of nitrogens with one attached hydrogen (secondary N) is 1. The van der Waals surface area contributed by atoms with Crippen LogP contribution in [-0.4, -0.2) is 22.6 Å². The lowest BCUT2D eigenvalue weighted by atomic mass is 9.61. The highest BCUT2D eigenvalue weighted by Gasteiger charge is 2.51. The number of nitrogens with two attached hydrogens (primary N) is 2. The summed E-state index contributed by atoms with van der Waals surface area (Å²) in [6.45, 7) is 4.00. The largest absolute Gasteiger partial charge is 0.383 e. The molecule has 1 atom stereocenters. The molecule has 0 bridgehead atoms.